The molecule has 4 aliphatic rings. The normalized spacial score (nSPS) is 36.6. The van der Waals surface area contributed by atoms with Gasteiger partial charge in [0.1, 0.15) is 47.2 Å². The number of hydrogen-bond donors (Lipinski definition) is 11. The Morgan fingerprint density at radius 2 is 1.70 bits per heavy atom. The fourth-order valence-corrected chi connectivity index (χ4v) is 6.99. The minimum Gasteiger partial charge on any atom is -0.508 e. The molecule has 1 aromatic rings. The van der Waals surface area contributed by atoms with Crippen LogP contribution in [-0.4, -0.2) is 137 Å². The van der Waals surface area contributed by atoms with Crippen LogP contribution in [0.3, 0.4) is 0 Å². The first-order valence-electron chi connectivity index (χ1n) is 14.5. The molecular weight excluding hydrogens is 626 g/mol. The first-order valence-corrected chi connectivity index (χ1v) is 14.5. The summed E-state index contributed by atoms with van der Waals surface area (Å²) in [6.07, 6.45) is -5.44. The highest BCUT2D eigenvalue weighted by Crippen LogP contribution is 2.57. The molecule has 0 unspecified atom stereocenters. The summed E-state index contributed by atoms with van der Waals surface area (Å²) >= 11 is 0. The molecule has 10 atom stereocenters. The van der Waals surface area contributed by atoms with E-state index in [0.717, 1.165) is 0 Å². The minimum absolute atomic E-state index is 0.170. The number of primary amides is 1. The van der Waals surface area contributed by atoms with Gasteiger partial charge in [-0.2, -0.15) is 0 Å². The number of rotatable bonds is 4. The van der Waals surface area contributed by atoms with Crippen LogP contribution < -0.4 is 11.1 Å². The molecule has 17 nitrogen and oxygen atoms in total. The highest BCUT2D eigenvalue weighted by Gasteiger charge is 2.66. The summed E-state index contributed by atoms with van der Waals surface area (Å²) in [6, 6.07) is 1.92. The molecule has 1 aromatic carbocycles. The Kier molecular flexibility index (Phi) is 9.62. The molecule has 0 radical (unpaired) electrons. The number of Topliss-reactive ketones (excluding diaryl/α,β-unsaturated/α-hetero) is 2. The smallest absolute Gasteiger partial charge is 0.255 e. The number of nitrogens with zero attached hydrogens (tertiary/aromatic N) is 1. The number of benzene rings is 1. The third kappa shape index (κ3) is 5.57. The van der Waals surface area contributed by atoms with Gasteiger partial charge in [-0.3, -0.25) is 24.1 Å². The summed E-state index contributed by atoms with van der Waals surface area (Å²) < 4.78 is 4.81. The molecule has 47 heavy (non-hydrogen) atoms. The van der Waals surface area contributed by atoms with Crippen molar-refractivity contribution in [2.24, 2.45) is 17.6 Å². The average molecular weight is 666 g/mol. The lowest BCUT2D eigenvalue weighted by atomic mass is 9.54. The molecule has 0 bridgehead atoms. The van der Waals surface area contributed by atoms with Crippen molar-refractivity contribution in [3.05, 3.63) is 46.2 Å². The molecule has 258 valence electrons. The van der Waals surface area contributed by atoms with Crippen molar-refractivity contribution >= 4 is 29.1 Å². The van der Waals surface area contributed by atoms with Gasteiger partial charge in [-0.25, -0.2) is 0 Å². The number of ether oxygens (including phenoxy) is 1. The van der Waals surface area contributed by atoms with E-state index in [2.05, 4.69) is 5.32 Å². The Morgan fingerprint density at radius 3 is 2.23 bits per heavy atom. The van der Waals surface area contributed by atoms with Gasteiger partial charge in [0.25, 0.3) is 5.91 Å². The first kappa shape index (κ1) is 35.9. The van der Waals surface area contributed by atoms with Crippen LogP contribution in [0.5, 0.6) is 5.75 Å². The molecule has 3 aliphatic carbocycles. The van der Waals surface area contributed by atoms with Crippen LogP contribution in [0, 0.1) is 11.8 Å². The third-order valence-electron chi connectivity index (χ3n) is 9.29. The van der Waals surface area contributed by atoms with E-state index in [1.54, 1.807) is 0 Å². The molecule has 1 heterocycles. The number of phenolic OH excluding ortho intramolecular Hbond substituents is 1. The van der Waals surface area contributed by atoms with Crippen molar-refractivity contribution in [2.45, 2.75) is 68.2 Å². The Morgan fingerprint density at radius 1 is 1.09 bits per heavy atom. The zero-order valence-electron chi connectivity index (χ0n) is 25.9. The molecule has 12 N–H and O–H groups in total. The quantitative estimate of drug-likeness (QED) is 0.139. The number of fused-ring (bicyclic) bond motifs is 3. The lowest BCUT2D eigenvalue weighted by molar-refractivity contribution is -0.253. The summed E-state index contributed by atoms with van der Waals surface area (Å²) in [5.74, 6) is -8.36. The zero-order chi connectivity index (χ0) is 35.5. The van der Waals surface area contributed by atoms with Crippen molar-refractivity contribution in [3.63, 3.8) is 0 Å². The van der Waals surface area contributed by atoms with Crippen LogP contribution in [0.4, 0.5) is 0 Å². The minimum atomic E-state index is -2.75. The fraction of sp³-hybridized carbons (Fsp3) is 0.533. The second-order valence-corrected chi connectivity index (χ2v) is 12.4. The highest BCUT2D eigenvalue weighted by molar-refractivity contribution is 6.24. The number of carbonyl (C=O) groups is 4. The van der Waals surface area contributed by atoms with E-state index in [1.165, 1.54) is 51.0 Å². The van der Waals surface area contributed by atoms with Crippen LogP contribution in [-0.2, 0) is 29.5 Å². The average Bonchev–Trinajstić information content (AvgIpc) is 2.97. The maximum Gasteiger partial charge on any atom is 0.255 e. The molecule has 1 aliphatic heterocycles. The van der Waals surface area contributed by atoms with Gasteiger partial charge in [-0.1, -0.05) is 12.1 Å². The molecule has 1 saturated heterocycles. The van der Waals surface area contributed by atoms with Gasteiger partial charge in [-0.15, -0.1) is 0 Å². The summed E-state index contributed by atoms with van der Waals surface area (Å²) in [5, 5.41) is 94.3. The topological polar surface area (TPSA) is 301 Å². The number of likely N-dealkylation sites (N-methyl/N-ethyl adjacent to an activating group) is 1. The van der Waals surface area contributed by atoms with Crippen molar-refractivity contribution in [1.82, 2.24) is 10.2 Å². The summed E-state index contributed by atoms with van der Waals surface area (Å²) in [7, 11) is 3.01. The van der Waals surface area contributed by atoms with E-state index in [-0.39, 0.29) is 17.5 Å². The predicted octanol–water partition coefficient (Wildman–Crippen LogP) is -3.45. The monoisotopic (exact) mass is 665 g/mol. The van der Waals surface area contributed by atoms with Crippen molar-refractivity contribution in [2.75, 3.05) is 20.7 Å². The van der Waals surface area contributed by atoms with Gasteiger partial charge >= 0.3 is 0 Å². The summed E-state index contributed by atoms with van der Waals surface area (Å²) in [6.45, 7) is 2.09. The molecule has 5 rings (SSSR count). The number of aliphatic hydroxyl groups is 8. The lowest BCUT2D eigenvalue weighted by Gasteiger charge is -2.53. The number of nitrogens with two attached hydrogens (primary N) is 1. The standard InChI is InChI=1S/C22H24N2O8.C8H15NO6/c1-21(31)8-5-4-6-11(25)12(8)16(26)13-9(21)7-10-15(24(2)3)17(27)14(20(23)30)19(29)22(10,32)18(13)28;1-3(11)9-5-7(13)6(12)4(2-10)15-8(5)14/h4-6,9-10,15,25-26,29,31-32H,7H2,1-3H3,(H2,23,30);4-8,10,12-14H,2H2,1H3,(H,9,11)/t9-,10-,15-,21+,22-;4-,5-,6-,7-,8+/m01/s1. The lowest BCUT2D eigenvalue weighted by Crippen LogP contribution is -2.67. The van der Waals surface area contributed by atoms with E-state index in [9.17, 15) is 60.0 Å². The fourth-order valence-electron chi connectivity index (χ4n) is 6.99. The Hall–Kier alpha value is -3.94. The number of amides is 2. The second-order valence-electron chi connectivity index (χ2n) is 12.4. The van der Waals surface area contributed by atoms with Crippen molar-refractivity contribution in [1.29, 1.82) is 0 Å². The van der Waals surface area contributed by atoms with E-state index in [0.29, 0.717) is 0 Å². The SMILES string of the molecule is CC(=O)N[C@@H]1[C@@H](O)[C@H](O)[C@@H](CO)O[C@@H]1O.CN(C)[C@@H]1C(=O)C(C(N)=O)=C(O)[C@@]2(O)C(=O)C3=C(O)c4c(O)cccc4[C@@](C)(O)[C@H]3C[C@@H]12. The van der Waals surface area contributed by atoms with E-state index < -0.39 is 118 Å². The molecule has 2 fully saturated rings. The number of nitrogens with one attached hydrogen (secondary N) is 1. The van der Waals surface area contributed by atoms with Gasteiger partial charge in [0.05, 0.1) is 23.8 Å². The zero-order valence-corrected chi connectivity index (χ0v) is 25.9. The Labute approximate surface area is 267 Å². The van der Waals surface area contributed by atoms with Gasteiger partial charge in [-0.05, 0) is 39.1 Å². The number of ketones is 2. The van der Waals surface area contributed by atoms with Gasteiger partial charge in [0.2, 0.25) is 11.7 Å². The second kappa shape index (κ2) is 12.6. The largest absolute Gasteiger partial charge is 0.508 e. The summed E-state index contributed by atoms with van der Waals surface area (Å²) in [4.78, 5) is 50.7. The van der Waals surface area contributed by atoms with Crippen LogP contribution in [0.2, 0.25) is 0 Å². The maximum atomic E-state index is 13.7. The number of hydrogen-bond acceptors (Lipinski definition) is 15. The molecular formula is C30H39N3O14. The number of aliphatic hydroxyl groups excluding tert-OH is 6. The Balaban J connectivity index is 0.000000280. The Bertz CT molecular complexity index is 1550. The van der Waals surface area contributed by atoms with Crippen molar-refractivity contribution in [3.8, 4) is 5.75 Å². The van der Waals surface area contributed by atoms with Gasteiger partial charge < -0.3 is 61.7 Å². The van der Waals surface area contributed by atoms with Gasteiger partial charge in [0.15, 0.2) is 17.7 Å². The maximum absolute atomic E-state index is 13.7. The molecule has 17 heteroatoms. The van der Waals surface area contributed by atoms with Gasteiger partial charge in [0, 0.05) is 24.3 Å². The number of phenols is 1. The van der Waals surface area contributed by atoms with Crippen LogP contribution in [0.15, 0.2) is 35.1 Å². The molecule has 0 aromatic heterocycles. The van der Waals surface area contributed by atoms with E-state index >= 15 is 0 Å². The third-order valence-corrected chi connectivity index (χ3v) is 9.29. The number of aromatic hydroxyl groups is 1. The molecule has 0 spiro atoms. The van der Waals surface area contributed by atoms with Crippen LogP contribution in [0.25, 0.3) is 5.76 Å². The van der Waals surface area contributed by atoms with Crippen LogP contribution in [0.1, 0.15) is 31.4 Å². The van der Waals surface area contributed by atoms with Crippen LogP contribution >= 0.6 is 0 Å². The van der Waals surface area contributed by atoms with E-state index in [4.69, 9.17) is 15.6 Å². The molecule has 2 amide bonds. The van der Waals surface area contributed by atoms with Crippen molar-refractivity contribution < 1.29 is 69.9 Å². The molecule has 1 saturated carbocycles. The highest BCUT2D eigenvalue weighted by atomic mass is 16.6. The first-order chi connectivity index (χ1) is 21.7. The number of carbonyl (C=O) groups excluding carboxylic acids is 4. The van der Waals surface area contributed by atoms with E-state index in [1.807, 2.05) is 0 Å². The predicted molar refractivity (Wildman–Crippen MR) is 158 cm³/mol. The summed E-state index contributed by atoms with van der Waals surface area (Å²) in [5.41, 5.74) is -0.548.